The summed E-state index contributed by atoms with van der Waals surface area (Å²) in [6.07, 6.45) is 0. The summed E-state index contributed by atoms with van der Waals surface area (Å²) in [6.45, 7) is 2.03. The van der Waals surface area contributed by atoms with Crippen molar-refractivity contribution in [2.75, 3.05) is 6.61 Å². The third-order valence-electron chi connectivity index (χ3n) is 1.73. The van der Waals surface area contributed by atoms with Crippen molar-refractivity contribution in [3.63, 3.8) is 0 Å². The molecule has 1 atom stereocenters. The molecule has 0 saturated heterocycles. The van der Waals surface area contributed by atoms with E-state index in [1.54, 1.807) is 6.07 Å². The number of benzene rings is 1. The van der Waals surface area contributed by atoms with Gasteiger partial charge in [-0.25, -0.2) is 0 Å². The first-order valence-electron chi connectivity index (χ1n) is 3.70. The van der Waals surface area contributed by atoms with Crippen molar-refractivity contribution in [2.24, 2.45) is 0 Å². The van der Waals surface area contributed by atoms with Crippen molar-refractivity contribution in [1.82, 2.24) is 0 Å². The second kappa shape index (κ2) is 4.13. The Hall–Kier alpha value is -0.240. The van der Waals surface area contributed by atoms with Gasteiger partial charge in [0, 0.05) is 22.6 Å². The average molecular weight is 205 g/mol. The Bertz CT molecular complexity index is 253. The third-order valence-corrected chi connectivity index (χ3v) is 2.16. The molecule has 0 amide bonds. The molecule has 0 saturated carbocycles. The summed E-state index contributed by atoms with van der Waals surface area (Å²) in [5.41, 5.74) is 0.968. The molecular formula is C9H10Cl2O. The van der Waals surface area contributed by atoms with E-state index >= 15 is 0 Å². The van der Waals surface area contributed by atoms with E-state index in [0.29, 0.717) is 10.0 Å². The van der Waals surface area contributed by atoms with Gasteiger partial charge in [-0.15, -0.1) is 0 Å². The van der Waals surface area contributed by atoms with Crippen LogP contribution in [-0.2, 0) is 0 Å². The van der Waals surface area contributed by atoms with E-state index in [4.69, 9.17) is 28.3 Å². The normalized spacial score (nSPS) is 13.0. The topological polar surface area (TPSA) is 20.2 Å². The smallest absolute Gasteiger partial charge is 0.0497 e. The van der Waals surface area contributed by atoms with Gasteiger partial charge in [0.2, 0.25) is 0 Å². The molecule has 1 rings (SSSR count). The van der Waals surface area contributed by atoms with E-state index in [1.165, 1.54) is 0 Å². The van der Waals surface area contributed by atoms with Gasteiger partial charge in [0.1, 0.15) is 0 Å². The second-order valence-corrected chi connectivity index (χ2v) is 3.66. The van der Waals surface area contributed by atoms with Crippen molar-refractivity contribution in [3.8, 4) is 0 Å². The van der Waals surface area contributed by atoms with Gasteiger partial charge >= 0.3 is 0 Å². The zero-order chi connectivity index (χ0) is 9.14. The first-order valence-corrected chi connectivity index (χ1v) is 4.46. The van der Waals surface area contributed by atoms with Crippen LogP contribution in [0.3, 0.4) is 0 Å². The monoisotopic (exact) mass is 204 g/mol. The Balaban J connectivity index is 3.00. The van der Waals surface area contributed by atoms with Crippen LogP contribution in [0.5, 0.6) is 0 Å². The van der Waals surface area contributed by atoms with Gasteiger partial charge in [-0.05, 0) is 23.8 Å². The van der Waals surface area contributed by atoms with Gasteiger partial charge in [0.25, 0.3) is 0 Å². The lowest BCUT2D eigenvalue weighted by Crippen LogP contribution is -1.98. The van der Waals surface area contributed by atoms with Crippen LogP contribution in [0.4, 0.5) is 0 Å². The van der Waals surface area contributed by atoms with Gasteiger partial charge in [0.15, 0.2) is 0 Å². The maximum Gasteiger partial charge on any atom is 0.0497 e. The molecule has 0 radical (unpaired) electrons. The zero-order valence-corrected chi connectivity index (χ0v) is 8.23. The molecule has 1 N–H and O–H groups in total. The number of hydrogen-bond acceptors (Lipinski definition) is 1. The van der Waals surface area contributed by atoms with Gasteiger partial charge < -0.3 is 5.11 Å². The summed E-state index contributed by atoms with van der Waals surface area (Å²) < 4.78 is 0. The lowest BCUT2D eigenvalue weighted by atomic mass is 10.0. The molecular weight excluding hydrogens is 195 g/mol. The van der Waals surface area contributed by atoms with E-state index in [9.17, 15) is 0 Å². The molecule has 66 valence electrons. The van der Waals surface area contributed by atoms with E-state index in [0.717, 1.165) is 5.56 Å². The molecule has 1 nitrogen and oxygen atoms in total. The highest BCUT2D eigenvalue weighted by molar-refractivity contribution is 6.34. The lowest BCUT2D eigenvalue weighted by molar-refractivity contribution is 0.273. The van der Waals surface area contributed by atoms with Gasteiger partial charge in [-0.1, -0.05) is 30.1 Å². The van der Waals surface area contributed by atoms with Crippen LogP contribution in [0.1, 0.15) is 18.4 Å². The maximum absolute atomic E-state index is 8.88. The van der Waals surface area contributed by atoms with E-state index in [2.05, 4.69) is 0 Å². The quantitative estimate of drug-likeness (QED) is 0.786. The molecule has 0 aliphatic carbocycles. The van der Waals surface area contributed by atoms with Crippen molar-refractivity contribution in [3.05, 3.63) is 33.8 Å². The van der Waals surface area contributed by atoms with Crippen LogP contribution < -0.4 is 0 Å². The number of hydrogen-bond donors (Lipinski definition) is 1. The van der Waals surface area contributed by atoms with Gasteiger partial charge in [-0.3, -0.25) is 0 Å². The first-order chi connectivity index (χ1) is 5.63. The zero-order valence-electron chi connectivity index (χ0n) is 6.72. The van der Waals surface area contributed by atoms with Crippen molar-refractivity contribution in [1.29, 1.82) is 0 Å². The Morgan fingerprint density at radius 3 is 2.17 bits per heavy atom. The third kappa shape index (κ3) is 2.37. The van der Waals surface area contributed by atoms with E-state index in [1.807, 2.05) is 19.1 Å². The van der Waals surface area contributed by atoms with Crippen LogP contribution in [-0.4, -0.2) is 11.7 Å². The molecule has 0 fully saturated rings. The lowest BCUT2D eigenvalue weighted by Gasteiger charge is -2.08. The fourth-order valence-electron chi connectivity index (χ4n) is 0.965. The SMILES string of the molecule is C[C@H](CO)c1cc(Cl)cc(Cl)c1. The Labute approximate surface area is 81.9 Å². The Morgan fingerprint density at radius 2 is 1.75 bits per heavy atom. The molecule has 0 aliphatic rings. The predicted molar refractivity (Wildman–Crippen MR) is 52.0 cm³/mol. The Morgan fingerprint density at radius 1 is 1.25 bits per heavy atom. The summed E-state index contributed by atoms with van der Waals surface area (Å²) in [5, 5.41) is 10.1. The standard InChI is InChI=1S/C9H10Cl2O/c1-6(5-12)7-2-8(10)4-9(11)3-7/h2-4,6,12H,5H2,1H3/t6-/m1/s1. The molecule has 1 aromatic carbocycles. The molecule has 12 heavy (non-hydrogen) atoms. The van der Waals surface area contributed by atoms with E-state index < -0.39 is 0 Å². The van der Waals surface area contributed by atoms with Crippen LogP contribution >= 0.6 is 23.2 Å². The highest BCUT2D eigenvalue weighted by atomic mass is 35.5. The number of halogens is 2. The minimum Gasteiger partial charge on any atom is -0.396 e. The number of rotatable bonds is 2. The van der Waals surface area contributed by atoms with E-state index in [-0.39, 0.29) is 12.5 Å². The van der Waals surface area contributed by atoms with Crippen molar-refractivity contribution >= 4 is 23.2 Å². The van der Waals surface area contributed by atoms with Crippen LogP contribution in [0.15, 0.2) is 18.2 Å². The van der Waals surface area contributed by atoms with Crippen LogP contribution in [0, 0.1) is 0 Å². The highest BCUT2D eigenvalue weighted by Crippen LogP contribution is 2.23. The van der Waals surface area contributed by atoms with Crippen LogP contribution in [0.25, 0.3) is 0 Å². The summed E-state index contributed by atoms with van der Waals surface area (Å²) in [6, 6.07) is 5.30. The largest absolute Gasteiger partial charge is 0.396 e. The summed E-state index contributed by atoms with van der Waals surface area (Å²) in [7, 11) is 0. The first kappa shape index (κ1) is 9.85. The summed E-state index contributed by atoms with van der Waals surface area (Å²) >= 11 is 11.6. The molecule has 0 aliphatic heterocycles. The molecule has 0 aromatic heterocycles. The molecule has 1 aromatic rings. The fraction of sp³-hybridized carbons (Fsp3) is 0.333. The molecule has 3 heteroatoms. The second-order valence-electron chi connectivity index (χ2n) is 2.79. The molecule has 0 spiro atoms. The van der Waals surface area contributed by atoms with Gasteiger partial charge in [-0.2, -0.15) is 0 Å². The predicted octanol–water partition coefficient (Wildman–Crippen LogP) is 3.09. The molecule has 0 heterocycles. The molecule has 0 unspecified atom stereocenters. The van der Waals surface area contributed by atoms with Crippen molar-refractivity contribution < 1.29 is 5.11 Å². The summed E-state index contributed by atoms with van der Waals surface area (Å²) in [4.78, 5) is 0. The molecule has 0 bridgehead atoms. The minimum absolute atomic E-state index is 0.0844. The Kier molecular flexibility index (Phi) is 3.39. The average Bonchev–Trinajstić information content (AvgIpc) is 2.01. The minimum atomic E-state index is 0.0844. The summed E-state index contributed by atoms with van der Waals surface area (Å²) in [5.74, 6) is 0.0844. The fourth-order valence-corrected chi connectivity index (χ4v) is 1.51. The highest BCUT2D eigenvalue weighted by Gasteiger charge is 2.05. The number of aliphatic hydroxyl groups is 1. The maximum atomic E-state index is 8.88. The number of aliphatic hydroxyl groups excluding tert-OH is 1. The van der Waals surface area contributed by atoms with Crippen LogP contribution in [0.2, 0.25) is 10.0 Å². The van der Waals surface area contributed by atoms with Crippen molar-refractivity contribution in [2.45, 2.75) is 12.8 Å². The van der Waals surface area contributed by atoms with Gasteiger partial charge in [0.05, 0.1) is 0 Å².